The largest absolute Gasteiger partial charge is 0.482 e. The van der Waals surface area contributed by atoms with Crippen LogP contribution in [0.5, 0.6) is 11.5 Å². The van der Waals surface area contributed by atoms with Crippen molar-refractivity contribution in [1.82, 2.24) is 0 Å². The van der Waals surface area contributed by atoms with Crippen molar-refractivity contribution in [3.05, 3.63) is 59.2 Å². The normalized spacial score (nSPS) is 9.76. The van der Waals surface area contributed by atoms with E-state index in [2.05, 4.69) is 0 Å². The van der Waals surface area contributed by atoms with Crippen molar-refractivity contribution in [3.63, 3.8) is 0 Å². The van der Waals surface area contributed by atoms with Crippen molar-refractivity contribution in [2.45, 2.75) is 13.8 Å². The van der Waals surface area contributed by atoms with Crippen LogP contribution < -0.4 is 9.47 Å². The third-order valence-corrected chi connectivity index (χ3v) is 2.75. The van der Waals surface area contributed by atoms with Crippen LogP contribution in [0.25, 0.3) is 0 Å². The molecule has 0 fully saturated rings. The fourth-order valence-corrected chi connectivity index (χ4v) is 1.95. The Bertz CT molecular complexity index is 681. The molecular weight excluding hydrogens is 266 g/mol. The molecule has 0 aliphatic carbocycles. The number of ether oxygens (including phenoxy) is 2. The van der Waals surface area contributed by atoms with Crippen molar-refractivity contribution < 1.29 is 14.3 Å². The summed E-state index contributed by atoms with van der Waals surface area (Å²) in [6.07, 6.45) is 0. The lowest BCUT2D eigenvalue weighted by Crippen LogP contribution is -2.17. The second-order valence-corrected chi connectivity index (χ2v) is 4.73. The molecule has 0 saturated heterocycles. The van der Waals surface area contributed by atoms with Crippen molar-refractivity contribution in [3.8, 4) is 17.6 Å². The number of hydrogen-bond acceptors (Lipinski definition) is 4. The van der Waals surface area contributed by atoms with Gasteiger partial charge in [-0.15, -0.1) is 0 Å². The number of nitriles is 1. The SMILES string of the molecule is Cc1cc(C)cc(OCC(=O)Oc2cccc(C#N)c2)c1. The van der Waals surface area contributed by atoms with Crippen molar-refractivity contribution in [2.24, 2.45) is 0 Å². The van der Waals surface area contributed by atoms with Gasteiger partial charge >= 0.3 is 5.97 Å². The Labute approximate surface area is 123 Å². The molecule has 0 radical (unpaired) electrons. The third kappa shape index (κ3) is 4.36. The van der Waals surface area contributed by atoms with Gasteiger partial charge in [0.25, 0.3) is 0 Å². The molecular formula is C17H15NO3. The van der Waals surface area contributed by atoms with Crippen LogP contribution in [-0.4, -0.2) is 12.6 Å². The zero-order valence-corrected chi connectivity index (χ0v) is 11.9. The molecule has 2 aromatic carbocycles. The predicted octanol–water partition coefficient (Wildman–Crippen LogP) is 3.16. The van der Waals surface area contributed by atoms with Crippen LogP contribution in [-0.2, 0) is 4.79 Å². The van der Waals surface area contributed by atoms with Gasteiger partial charge in [-0.3, -0.25) is 0 Å². The summed E-state index contributed by atoms with van der Waals surface area (Å²) in [5, 5.41) is 8.78. The number of esters is 1. The topological polar surface area (TPSA) is 59.3 Å². The van der Waals surface area contributed by atoms with E-state index in [9.17, 15) is 4.79 Å². The first-order chi connectivity index (χ1) is 10.1. The third-order valence-electron chi connectivity index (χ3n) is 2.75. The monoisotopic (exact) mass is 281 g/mol. The molecule has 21 heavy (non-hydrogen) atoms. The lowest BCUT2D eigenvalue weighted by molar-refractivity contribution is -0.136. The van der Waals surface area contributed by atoms with E-state index >= 15 is 0 Å². The summed E-state index contributed by atoms with van der Waals surface area (Å²) < 4.78 is 10.5. The van der Waals surface area contributed by atoms with E-state index in [4.69, 9.17) is 14.7 Å². The average molecular weight is 281 g/mol. The van der Waals surface area contributed by atoms with Crippen molar-refractivity contribution in [1.29, 1.82) is 5.26 Å². The molecule has 0 aliphatic rings. The maximum absolute atomic E-state index is 11.7. The lowest BCUT2D eigenvalue weighted by Gasteiger charge is -2.08. The molecule has 0 unspecified atom stereocenters. The van der Waals surface area contributed by atoms with Crippen LogP contribution >= 0.6 is 0 Å². The van der Waals surface area contributed by atoms with Gasteiger partial charge in [0.2, 0.25) is 0 Å². The predicted molar refractivity (Wildman–Crippen MR) is 78.2 cm³/mol. The smallest absolute Gasteiger partial charge is 0.349 e. The Morgan fingerprint density at radius 1 is 1.10 bits per heavy atom. The van der Waals surface area contributed by atoms with Crippen LogP contribution in [0.15, 0.2) is 42.5 Å². The minimum Gasteiger partial charge on any atom is -0.482 e. The van der Waals surface area contributed by atoms with Gasteiger partial charge in [0.1, 0.15) is 11.5 Å². The molecule has 0 bridgehead atoms. The van der Waals surface area contributed by atoms with Gasteiger partial charge in [0.15, 0.2) is 6.61 Å². The number of aryl methyl sites for hydroxylation is 2. The number of carbonyl (C=O) groups excluding carboxylic acids is 1. The Morgan fingerprint density at radius 3 is 2.48 bits per heavy atom. The van der Waals surface area contributed by atoms with E-state index in [1.54, 1.807) is 18.2 Å². The van der Waals surface area contributed by atoms with Crippen LogP contribution in [0.4, 0.5) is 0 Å². The second-order valence-electron chi connectivity index (χ2n) is 4.73. The first-order valence-corrected chi connectivity index (χ1v) is 6.49. The number of nitrogens with zero attached hydrogens (tertiary/aromatic N) is 1. The molecule has 4 nitrogen and oxygen atoms in total. The molecule has 2 rings (SSSR count). The molecule has 4 heteroatoms. The maximum atomic E-state index is 11.7. The van der Waals surface area contributed by atoms with Crippen LogP contribution in [0.2, 0.25) is 0 Å². The zero-order valence-electron chi connectivity index (χ0n) is 11.9. The standard InChI is InChI=1S/C17H15NO3/c1-12-6-13(2)8-16(7-12)20-11-17(19)21-15-5-3-4-14(9-15)10-18/h3-9H,11H2,1-2H3. The Kier molecular flexibility index (Phi) is 4.57. The van der Waals surface area contributed by atoms with E-state index in [0.717, 1.165) is 11.1 Å². The number of hydrogen-bond donors (Lipinski definition) is 0. The highest BCUT2D eigenvalue weighted by molar-refractivity contribution is 5.74. The van der Waals surface area contributed by atoms with Crippen LogP contribution in [0.1, 0.15) is 16.7 Å². The second kappa shape index (κ2) is 6.58. The van der Waals surface area contributed by atoms with Crippen molar-refractivity contribution >= 4 is 5.97 Å². The Balaban J connectivity index is 1.94. The van der Waals surface area contributed by atoms with Crippen LogP contribution in [0, 0.1) is 25.2 Å². The molecule has 106 valence electrons. The fraction of sp³-hybridized carbons (Fsp3) is 0.176. The van der Waals surface area contributed by atoms with E-state index in [1.807, 2.05) is 38.1 Å². The Morgan fingerprint density at radius 2 is 1.81 bits per heavy atom. The minimum absolute atomic E-state index is 0.181. The van der Waals surface area contributed by atoms with Gasteiger partial charge < -0.3 is 9.47 Å². The van der Waals surface area contributed by atoms with Crippen LogP contribution in [0.3, 0.4) is 0 Å². The summed E-state index contributed by atoms with van der Waals surface area (Å²) in [4.78, 5) is 11.7. The summed E-state index contributed by atoms with van der Waals surface area (Å²) in [6, 6.07) is 14.2. The van der Waals surface area contributed by atoms with Gasteiger partial charge in [0.05, 0.1) is 11.6 Å². The van der Waals surface area contributed by atoms with Crippen molar-refractivity contribution in [2.75, 3.05) is 6.61 Å². The Hall–Kier alpha value is -2.80. The molecule has 0 aromatic heterocycles. The molecule has 0 aliphatic heterocycles. The average Bonchev–Trinajstić information content (AvgIpc) is 2.44. The summed E-state index contributed by atoms with van der Waals surface area (Å²) >= 11 is 0. The molecule has 0 amide bonds. The quantitative estimate of drug-likeness (QED) is 0.638. The van der Waals surface area contributed by atoms with E-state index < -0.39 is 5.97 Å². The van der Waals surface area contributed by atoms with E-state index in [1.165, 1.54) is 6.07 Å². The molecule has 2 aromatic rings. The summed E-state index contributed by atoms with van der Waals surface area (Å²) in [5.41, 5.74) is 2.58. The maximum Gasteiger partial charge on any atom is 0.349 e. The van der Waals surface area contributed by atoms with E-state index in [0.29, 0.717) is 17.1 Å². The number of benzene rings is 2. The number of rotatable bonds is 4. The molecule has 0 saturated carbocycles. The van der Waals surface area contributed by atoms with Gasteiger partial charge in [-0.1, -0.05) is 12.1 Å². The highest BCUT2D eigenvalue weighted by Gasteiger charge is 2.07. The molecule has 0 N–H and O–H groups in total. The lowest BCUT2D eigenvalue weighted by atomic mass is 10.1. The molecule has 0 spiro atoms. The molecule has 0 heterocycles. The molecule has 0 atom stereocenters. The summed E-state index contributed by atoms with van der Waals surface area (Å²) in [6.45, 7) is 3.75. The summed E-state index contributed by atoms with van der Waals surface area (Å²) in [7, 11) is 0. The van der Waals surface area contributed by atoms with Gasteiger partial charge in [-0.2, -0.15) is 5.26 Å². The minimum atomic E-state index is -0.510. The van der Waals surface area contributed by atoms with Gasteiger partial charge in [0, 0.05) is 0 Å². The van der Waals surface area contributed by atoms with E-state index in [-0.39, 0.29) is 6.61 Å². The highest BCUT2D eigenvalue weighted by Crippen LogP contribution is 2.17. The van der Waals surface area contributed by atoms with Gasteiger partial charge in [-0.25, -0.2) is 4.79 Å². The summed E-state index contributed by atoms with van der Waals surface area (Å²) in [5.74, 6) is 0.461. The fourth-order valence-electron chi connectivity index (χ4n) is 1.95. The highest BCUT2D eigenvalue weighted by atomic mass is 16.6. The van der Waals surface area contributed by atoms with Gasteiger partial charge in [-0.05, 0) is 55.3 Å². The number of carbonyl (C=O) groups is 1. The first kappa shape index (κ1) is 14.6. The first-order valence-electron chi connectivity index (χ1n) is 6.49. The zero-order chi connectivity index (χ0) is 15.2.